The first-order valence-electron chi connectivity index (χ1n) is 10.3. The van der Waals surface area contributed by atoms with E-state index in [9.17, 15) is 13.2 Å². The van der Waals surface area contributed by atoms with Crippen molar-refractivity contribution >= 4 is 21.6 Å². The van der Waals surface area contributed by atoms with Gasteiger partial charge in [0.15, 0.2) is 0 Å². The average Bonchev–Trinajstić information content (AvgIpc) is 2.82. The molecule has 0 aliphatic carbocycles. The molecule has 0 radical (unpaired) electrons. The van der Waals surface area contributed by atoms with Gasteiger partial charge >= 0.3 is 0 Å². The van der Waals surface area contributed by atoms with E-state index in [1.165, 1.54) is 16.4 Å². The van der Waals surface area contributed by atoms with Crippen molar-refractivity contribution in [3.63, 3.8) is 0 Å². The zero-order valence-electron chi connectivity index (χ0n) is 17.7. The number of sulfonamides is 1. The van der Waals surface area contributed by atoms with E-state index in [1.807, 2.05) is 31.2 Å². The predicted molar refractivity (Wildman–Crippen MR) is 122 cm³/mol. The summed E-state index contributed by atoms with van der Waals surface area (Å²) in [7, 11) is -3.80. The maximum Gasteiger partial charge on any atom is 0.257 e. The van der Waals surface area contributed by atoms with Gasteiger partial charge in [-0.15, -0.1) is 0 Å². The molecule has 1 aliphatic rings. The molecule has 1 amide bonds. The molecule has 0 unspecified atom stereocenters. The molecule has 0 aromatic heterocycles. The van der Waals surface area contributed by atoms with Gasteiger partial charge in [-0.25, -0.2) is 8.42 Å². The van der Waals surface area contributed by atoms with Crippen molar-refractivity contribution in [2.75, 3.05) is 31.6 Å². The highest BCUT2D eigenvalue weighted by molar-refractivity contribution is 7.89. The Morgan fingerprint density at radius 3 is 2.16 bits per heavy atom. The van der Waals surface area contributed by atoms with Crippen LogP contribution in [0.4, 0.5) is 5.69 Å². The molecule has 0 bridgehead atoms. The number of morpholine rings is 1. The van der Waals surface area contributed by atoms with Crippen molar-refractivity contribution < 1.29 is 22.7 Å². The molecule has 1 N–H and O–H groups in total. The lowest BCUT2D eigenvalue weighted by atomic mass is 10.2. The normalized spacial score (nSPS) is 14.7. The Kier molecular flexibility index (Phi) is 6.55. The first-order chi connectivity index (χ1) is 15.4. The highest BCUT2D eigenvalue weighted by atomic mass is 32.2. The molecule has 3 aromatic rings. The number of carbonyl (C=O) groups excluding carboxylic acids is 1. The molecule has 1 heterocycles. The summed E-state index contributed by atoms with van der Waals surface area (Å²) in [6.45, 7) is 3.21. The second-order valence-electron chi connectivity index (χ2n) is 7.41. The molecule has 7 nitrogen and oxygen atoms in total. The summed E-state index contributed by atoms with van der Waals surface area (Å²) in [5.41, 5.74) is 1.77. The van der Waals surface area contributed by atoms with E-state index in [0.717, 1.165) is 11.3 Å². The minimum Gasteiger partial charge on any atom is -0.457 e. The van der Waals surface area contributed by atoms with Gasteiger partial charge in [0.2, 0.25) is 10.0 Å². The third kappa shape index (κ3) is 4.99. The number of anilines is 1. The van der Waals surface area contributed by atoms with Gasteiger partial charge in [0, 0.05) is 18.8 Å². The van der Waals surface area contributed by atoms with E-state index >= 15 is 0 Å². The van der Waals surface area contributed by atoms with Crippen molar-refractivity contribution in [2.45, 2.75) is 11.8 Å². The number of rotatable bonds is 6. The predicted octanol–water partition coefficient (Wildman–Crippen LogP) is 4.06. The molecular formula is C24H24N2O5S. The van der Waals surface area contributed by atoms with Gasteiger partial charge in [-0.3, -0.25) is 4.79 Å². The van der Waals surface area contributed by atoms with Gasteiger partial charge in [-0.05, 0) is 55.5 Å². The summed E-state index contributed by atoms with van der Waals surface area (Å²) >= 11 is 0. The summed E-state index contributed by atoms with van der Waals surface area (Å²) < 4.78 is 38.5. The molecule has 3 aromatic carbocycles. The van der Waals surface area contributed by atoms with E-state index in [2.05, 4.69) is 5.32 Å². The molecule has 0 spiro atoms. The Hall–Kier alpha value is -3.20. The highest BCUT2D eigenvalue weighted by Crippen LogP contribution is 2.25. The van der Waals surface area contributed by atoms with Crippen LogP contribution in [0.2, 0.25) is 0 Å². The Balaban J connectivity index is 1.49. The number of hydrogen-bond donors (Lipinski definition) is 1. The number of nitrogens with one attached hydrogen (secondary N) is 1. The lowest BCUT2D eigenvalue weighted by molar-refractivity contribution is 0.0730. The minimum atomic E-state index is -3.80. The maximum absolute atomic E-state index is 13.1. The third-order valence-corrected chi connectivity index (χ3v) is 7.05. The molecule has 1 saturated heterocycles. The van der Waals surface area contributed by atoms with Crippen molar-refractivity contribution in [2.24, 2.45) is 0 Å². The second kappa shape index (κ2) is 9.52. The fourth-order valence-corrected chi connectivity index (χ4v) is 4.95. The van der Waals surface area contributed by atoms with Crippen LogP contribution in [0.25, 0.3) is 0 Å². The van der Waals surface area contributed by atoms with Crippen molar-refractivity contribution in [1.29, 1.82) is 0 Å². The largest absolute Gasteiger partial charge is 0.457 e. The van der Waals surface area contributed by atoms with Gasteiger partial charge in [0.25, 0.3) is 5.91 Å². The van der Waals surface area contributed by atoms with Crippen LogP contribution in [0, 0.1) is 6.92 Å². The molecule has 8 heteroatoms. The van der Waals surface area contributed by atoms with Gasteiger partial charge in [-0.2, -0.15) is 4.31 Å². The van der Waals surface area contributed by atoms with Crippen LogP contribution in [0.3, 0.4) is 0 Å². The fraction of sp³-hybridized carbons (Fsp3) is 0.208. The summed E-state index contributed by atoms with van der Waals surface area (Å²) in [5, 5.41) is 2.77. The van der Waals surface area contributed by atoms with Gasteiger partial charge in [-0.1, -0.05) is 29.8 Å². The lowest BCUT2D eigenvalue weighted by Gasteiger charge is -2.26. The van der Waals surface area contributed by atoms with Gasteiger partial charge in [0.1, 0.15) is 11.5 Å². The molecule has 1 aliphatic heterocycles. The Bertz CT molecular complexity index is 1190. The van der Waals surface area contributed by atoms with Crippen LogP contribution in [0.5, 0.6) is 11.5 Å². The Morgan fingerprint density at radius 2 is 1.50 bits per heavy atom. The quantitative estimate of drug-likeness (QED) is 0.610. The lowest BCUT2D eigenvalue weighted by Crippen LogP contribution is -2.41. The van der Waals surface area contributed by atoms with Crippen LogP contribution in [0.1, 0.15) is 15.9 Å². The number of nitrogens with zero attached hydrogens (tertiary/aromatic N) is 1. The molecule has 32 heavy (non-hydrogen) atoms. The van der Waals surface area contributed by atoms with E-state index < -0.39 is 15.9 Å². The molecule has 0 atom stereocenters. The van der Waals surface area contributed by atoms with E-state index in [4.69, 9.17) is 9.47 Å². The van der Waals surface area contributed by atoms with Crippen LogP contribution in [-0.4, -0.2) is 44.9 Å². The first kappa shape index (κ1) is 22.0. The SMILES string of the molecule is Cc1ccc(Oc2ccc(NC(=O)c3ccccc3S(=O)(=O)N3CCOCC3)cc2)cc1. The topological polar surface area (TPSA) is 84.9 Å². The van der Waals surface area contributed by atoms with Gasteiger partial charge in [0.05, 0.1) is 23.7 Å². The number of ether oxygens (including phenoxy) is 2. The van der Waals surface area contributed by atoms with Gasteiger partial charge < -0.3 is 14.8 Å². The van der Waals surface area contributed by atoms with Crippen LogP contribution >= 0.6 is 0 Å². The Labute approximate surface area is 187 Å². The zero-order chi connectivity index (χ0) is 22.6. The second-order valence-corrected chi connectivity index (χ2v) is 9.31. The molecule has 0 saturated carbocycles. The van der Waals surface area contributed by atoms with Crippen molar-refractivity contribution in [3.8, 4) is 11.5 Å². The zero-order valence-corrected chi connectivity index (χ0v) is 18.5. The van der Waals surface area contributed by atoms with E-state index in [-0.39, 0.29) is 23.5 Å². The summed E-state index contributed by atoms with van der Waals surface area (Å²) in [6.07, 6.45) is 0. The first-order valence-corrected chi connectivity index (χ1v) is 11.7. The number of hydrogen-bond acceptors (Lipinski definition) is 5. The molecule has 1 fully saturated rings. The van der Waals surface area contributed by atoms with E-state index in [1.54, 1.807) is 36.4 Å². The van der Waals surface area contributed by atoms with Crippen LogP contribution < -0.4 is 10.1 Å². The minimum absolute atomic E-state index is 0.0151. The molecule has 166 valence electrons. The summed E-state index contributed by atoms with van der Waals surface area (Å²) in [4.78, 5) is 12.9. The third-order valence-electron chi connectivity index (χ3n) is 5.09. The monoisotopic (exact) mass is 452 g/mol. The summed E-state index contributed by atoms with van der Waals surface area (Å²) in [5.74, 6) is 0.849. The van der Waals surface area contributed by atoms with Crippen LogP contribution in [0.15, 0.2) is 77.7 Å². The van der Waals surface area contributed by atoms with Crippen molar-refractivity contribution in [1.82, 2.24) is 4.31 Å². The summed E-state index contributed by atoms with van der Waals surface area (Å²) in [6, 6.07) is 20.8. The Morgan fingerprint density at radius 1 is 0.906 bits per heavy atom. The fourth-order valence-electron chi connectivity index (χ4n) is 3.35. The smallest absolute Gasteiger partial charge is 0.257 e. The van der Waals surface area contributed by atoms with Crippen molar-refractivity contribution in [3.05, 3.63) is 83.9 Å². The number of amides is 1. The maximum atomic E-state index is 13.1. The number of carbonyl (C=O) groups is 1. The highest BCUT2D eigenvalue weighted by Gasteiger charge is 2.30. The standard InChI is InChI=1S/C24H24N2O5S/c1-18-6-10-20(11-7-18)31-21-12-8-19(9-13-21)25-24(27)22-4-2-3-5-23(22)32(28,29)26-14-16-30-17-15-26/h2-13H,14-17H2,1H3,(H,25,27). The van der Waals surface area contributed by atoms with Crippen LogP contribution in [-0.2, 0) is 14.8 Å². The number of aryl methyl sites for hydroxylation is 1. The number of benzene rings is 3. The van der Waals surface area contributed by atoms with E-state index in [0.29, 0.717) is 24.7 Å². The average molecular weight is 453 g/mol. The molecule has 4 rings (SSSR count). The molecular weight excluding hydrogens is 428 g/mol.